The molecule has 0 aromatic carbocycles. The molecule has 2 aromatic rings. The van der Waals surface area contributed by atoms with Gasteiger partial charge in [0.25, 0.3) is 20.0 Å². The van der Waals surface area contributed by atoms with Gasteiger partial charge in [0.05, 0.1) is 27.5 Å². The molecule has 3 aliphatic rings. The van der Waals surface area contributed by atoms with Crippen LogP contribution in [0.2, 0.25) is 10.0 Å². The largest absolute Gasteiger partial charge is 0.322 e. The molecule has 10 nitrogen and oxygen atoms in total. The molecule has 0 saturated heterocycles. The van der Waals surface area contributed by atoms with Crippen molar-refractivity contribution in [3.8, 4) is 0 Å². The maximum absolute atomic E-state index is 12.0. The topological polar surface area (TPSA) is 141 Å². The molecule has 1 saturated carbocycles. The molecule has 2 aliphatic heterocycles. The number of rotatable bonds is 2. The zero-order valence-corrected chi connectivity index (χ0v) is 23.8. The van der Waals surface area contributed by atoms with E-state index in [0.29, 0.717) is 21.4 Å². The fourth-order valence-electron chi connectivity index (χ4n) is 3.65. The average Bonchev–Trinajstić information content (AvgIpc) is 3.45. The van der Waals surface area contributed by atoms with Crippen LogP contribution in [0.3, 0.4) is 0 Å². The van der Waals surface area contributed by atoms with E-state index in [2.05, 4.69) is 30.1 Å². The molecule has 35 heavy (non-hydrogen) atoms. The summed E-state index contributed by atoms with van der Waals surface area (Å²) in [5.74, 6) is 0.502. The van der Waals surface area contributed by atoms with Gasteiger partial charge in [0, 0.05) is 16.3 Å². The quantitative estimate of drug-likeness (QED) is 0.398. The average molecular weight is 600 g/mol. The lowest BCUT2D eigenvalue weighted by atomic mass is 10.3. The molecular formula is C19H24Cl2N6O4S4. The van der Waals surface area contributed by atoms with E-state index in [1.807, 2.05) is 13.8 Å². The molecule has 2 aromatic heterocycles. The van der Waals surface area contributed by atoms with E-state index in [4.69, 9.17) is 23.2 Å². The molecule has 0 unspecified atom stereocenters. The molecule has 5 rings (SSSR count). The SMILES string of the molecule is Cc1sc2c(c1Cl)NC(=NC(C)C)NS2(=O)=O.O=S1(=O)NC(=NC2CCCC2)Nc2c(Cl)csc21. The fourth-order valence-corrected chi connectivity index (χ4v) is 9.21. The number of sulfonamides is 2. The Labute approximate surface area is 222 Å². The highest BCUT2D eigenvalue weighted by Crippen LogP contribution is 2.41. The number of nitrogens with one attached hydrogen (secondary N) is 4. The van der Waals surface area contributed by atoms with Gasteiger partial charge in [-0.2, -0.15) is 0 Å². The van der Waals surface area contributed by atoms with Gasteiger partial charge in [-0.05, 0) is 33.6 Å². The van der Waals surface area contributed by atoms with Crippen molar-refractivity contribution < 1.29 is 16.8 Å². The molecule has 4 N–H and O–H groups in total. The van der Waals surface area contributed by atoms with Gasteiger partial charge in [-0.15, -0.1) is 22.7 Å². The minimum absolute atomic E-state index is 0.0136. The van der Waals surface area contributed by atoms with Gasteiger partial charge in [0.15, 0.2) is 8.42 Å². The maximum atomic E-state index is 12.0. The van der Waals surface area contributed by atoms with E-state index < -0.39 is 20.0 Å². The highest BCUT2D eigenvalue weighted by molar-refractivity contribution is 7.92. The van der Waals surface area contributed by atoms with Crippen molar-refractivity contribution in [3.63, 3.8) is 0 Å². The second kappa shape index (κ2) is 10.1. The summed E-state index contributed by atoms with van der Waals surface area (Å²) in [6, 6.07) is 0.189. The summed E-state index contributed by atoms with van der Waals surface area (Å²) in [5.41, 5.74) is 0.865. The number of aryl methyl sites for hydroxylation is 1. The van der Waals surface area contributed by atoms with E-state index in [0.717, 1.165) is 53.2 Å². The second-order valence-electron chi connectivity index (χ2n) is 8.33. The van der Waals surface area contributed by atoms with Crippen molar-refractivity contribution >= 4 is 89.2 Å². The molecule has 0 amide bonds. The minimum Gasteiger partial charge on any atom is -0.322 e. The predicted octanol–water partition coefficient (Wildman–Crippen LogP) is 4.58. The van der Waals surface area contributed by atoms with Gasteiger partial charge in [0.2, 0.25) is 11.9 Å². The molecule has 16 heteroatoms. The number of halogens is 2. The van der Waals surface area contributed by atoms with Gasteiger partial charge in [-0.3, -0.25) is 0 Å². The number of nitrogens with zero attached hydrogens (tertiary/aromatic N) is 2. The summed E-state index contributed by atoms with van der Waals surface area (Å²) < 4.78 is 53.1. The Kier molecular flexibility index (Phi) is 7.61. The third kappa shape index (κ3) is 5.72. The lowest BCUT2D eigenvalue weighted by molar-refractivity contribution is 0.591. The first-order valence-corrected chi connectivity index (χ1v) is 16.1. The van der Waals surface area contributed by atoms with Crippen LogP contribution in [0.4, 0.5) is 11.4 Å². The van der Waals surface area contributed by atoms with E-state index in [9.17, 15) is 16.8 Å². The van der Waals surface area contributed by atoms with Gasteiger partial charge < -0.3 is 10.6 Å². The van der Waals surface area contributed by atoms with Crippen LogP contribution < -0.4 is 20.1 Å². The molecule has 1 fully saturated rings. The van der Waals surface area contributed by atoms with E-state index in [-0.39, 0.29) is 32.4 Å². The Morgan fingerprint density at radius 1 is 0.971 bits per heavy atom. The Balaban J connectivity index is 0.000000165. The van der Waals surface area contributed by atoms with Gasteiger partial charge in [-0.1, -0.05) is 36.0 Å². The number of hydrogen-bond donors (Lipinski definition) is 4. The van der Waals surface area contributed by atoms with E-state index in [1.54, 1.807) is 12.3 Å². The first kappa shape index (κ1) is 26.5. The molecule has 0 bridgehead atoms. The van der Waals surface area contributed by atoms with Gasteiger partial charge in [0.1, 0.15) is 0 Å². The van der Waals surface area contributed by atoms with Crippen LogP contribution >= 0.6 is 45.9 Å². The summed E-state index contributed by atoms with van der Waals surface area (Å²) in [7, 11) is -7.07. The zero-order chi connectivity index (χ0) is 25.5. The summed E-state index contributed by atoms with van der Waals surface area (Å²) in [4.78, 5) is 9.32. The Bertz CT molecular complexity index is 1410. The molecule has 4 heterocycles. The normalized spacial score (nSPS) is 22.3. The third-order valence-electron chi connectivity index (χ3n) is 5.15. The van der Waals surface area contributed by atoms with Crippen LogP contribution in [0, 0.1) is 6.92 Å². The number of guanidine groups is 2. The standard InChI is InChI=1S/C10H12ClN3O2S2.C9H12ClN3O2S2/c11-7-5-17-9-8(7)13-10(14-18(9,15)16)12-6-3-1-2-4-6;1-4(2)11-9-12-7-6(10)5(3)16-8(7)17(14,15)13-9/h5-6H,1-4H2,(H2,12,13,14);4H,1-3H3,(H2,11,12,13). The highest BCUT2D eigenvalue weighted by Gasteiger charge is 2.32. The Morgan fingerprint density at radius 2 is 1.57 bits per heavy atom. The first-order valence-electron chi connectivity index (χ1n) is 10.7. The van der Waals surface area contributed by atoms with Crippen molar-refractivity contribution in [1.82, 2.24) is 9.44 Å². The zero-order valence-electron chi connectivity index (χ0n) is 19.0. The minimum atomic E-state index is -3.55. The third-order valence-corrected chi connectivity index (χ3v) is 12.0. The highest BCUT2D eigenvalue weighted by atomic mass is 35.5. The Hall–Kier alpha value is -1.58. The lowest BCUT2D eigenvalue weighted by Crippen LogP contribution is -2.40. The summed E-state index contributed by atoms with van der Waals surface area (Å²) >= 11 is 14.3. The predicted molar refractivity (Wildman–Crippen MR) is 144 cm³/mol. The number of fused-ring (bicyclic) bond motifs is 2. The summed E-state index contributed by atoms with van der Waals surface area (Å²) in [6.07, 6.45) is 4.32. The van der Waals surface area contributed by atoms with Gasteiger partial charge in [-0.25, -0.2) is 36.3 Å². The van der Waals surface area contributed by atoms with E-state index >= 15 is 0 Å². The van der Waals surface area contributed by atoms with Crippen molar-refractivity contribution in [1.29, 1.82) is 0 Å². The molecule has 0 radical (unpaired) electrons. The number of thiophene rings is 2. The summed E-state index contributed by atoms with van der Waals surface area (Å²) in [5, 5.41) is 8.34. The van der Waals surface area contributed by atoms with E-state index in [1.165, 1.54) is 0 Å². The maximum Gasteiger partial charge on any atom is 0.275 e. The van der Waals surface area contributed by atoms with Crippen molar-refractivity contribution in [3.05, 3.63) is 20.3 Å². The Morgan fingerprint density at radius 3 is 2.23 bits per heavy atom. The first-order chi connectivity index (χ1) is 16.4. The van der Waals surface area contributed by atoms with Crippen LogP contribution in [0.15, 0.2) is 23.8 Å². The van der Waals surface area contributed by atoms with Crippen LogP contribution in [-0.4, -0.2) is 40.8 Å². The monoisotopic (exact) mass is 598 g/mol. The van der Waals surface area contributed by atoms with Crippen molar-refractivity contribution in [2.45, 2.75) is 67.0 Å². The van der Waals surface area contributed by atoms with Crippen LogP contribution in [0.5, 0.6) is 0 Å². The smallest absolute Gasteiger partial charge is 0.275 e. The number of anilines is 2. The fraction of sp³-hybridized carbons (Fsp3) is 0.474. The molecule has 192 valence electrons. The van der Waals surface area contributed by atoms with Crippen LogP contribution in [0.25, 0.3) is 0 Å². The molecule has 0 atom stereocenters. The van der Waals surface area contributed by atoms with Crippen LogP contribution in [-0.2, 0) is 20.0 Å². The molecular weight excluding hydrogens is 575 g/mol. The number of aliphatic imine (C=N–C) groups is 2. The number of hydrogen-bond acceptors (Lipinski definition) is 8. The second-order valence-corrected chi connectivity index (χ2v) is 15.0. The lowest BCUT2D eigenvalue weighted by Gasteiger charge is -2.19. The van der Waals surface area contributed by atoms with Gasteiger partial charge >= 0.3 is 0 Å². The molecule has 1 aliphatic carbocycles. The van der Waals surface area contributed by atoms with Crippen molar-refractivity contribution in [2.75, 3.05) is 10.6 Å². The van der Waals surface area contributed by atoms with Crippen molar-refractivity contribution in [2.24, 2.45) is 9.98 Å². The molecule has 0 spiro atoms. The summed E-state index contributed by atoms with van der Waals surface area (Å²) in [6.45, 7) is 5.50. The van der Waals surface area contributed by atoms with Crippen LogP contribution in [0.1, 0.15) is 44.4 Å².